The lowest BCUT2D eigenvalue weighted by Gasteiger charge is -2.12. The fraction of sp³-hybridized carbons (Fsp3) is 0.136. The van der Waals surface area contributed by atoms with Crippen LogP contribution in [0.2, 0.25) is 0 Å². The van der Waals surface area contributed by atoms with Crippen molar-refractivity contribution in [3.63, 3.8) is 0 Å². The highest BCUT2D eigenvalue weighted by Crippen LogP contribution is 2.29. The second-order valence-electron chi connectivity index (χ2n) is 6.23. The molecule has 0 unspecified atom stereocenters. The molecule has 7 nitrogen and oxygen atoms in total. The smallest absolute Gasteiger partial charge is 0.271 e. The first-order valence-electron chi connectivity index (χ1n) is 9.23. The number of nitro benzene ring substituents is 1. The van der Waals surface area contributed by atoms with Gasteiger partial charge in [0, 0.05) is 16.6 Å². The average molecular weight is 470 g/mol. The molecule has 3 rings (SSSR count). The van der Waals surface area contributed by atoms with E-state index in [1.54, 1.807) is 18.3 Å². The molecule has 0 atom stereocenters. The van der Waals surface area contributed by atoms with Gasteiger partial charge >= 0.3 is 0 Å². The Bertz CT molecular complexity index is 1040. The van der Waals surface area contributed by atoms with Crippen LogP contribution in [0.3, 0.4) is 0 Å². The van der Waals surface area contributed by atoms with Gasteiger partial charge in [0.05, 0.1) is 23.4 Å². The minimum Gasteiger partial charge on any atom is -0.490 e. The molecule has 0 radical (unpaired) electrons. The van der Waals surface area contributed by atoms with Gasteiger partial charge in [-0.15, -0.1) is 0 Å². The van der Waals surface area contributed by atoms with Gasteiger partial charge < -0.3 is 9.47 Å². The molecule has 0 spiro atoms. The van der Waals surface area contributed by atoms with Crippen LogP contribution >= 0.6 is 15.9 Å². The Morgan fingerprint density at radius 3 is 2.60 bits per heavy atom. The van der Waals surface area contributed by atoms with Crippen molar-refractivity contribution in [1.82, 2.24) is 0 Å². The van der Waals surface area contributed by atoms with Crippen molar-refractivity contribution in [3.8, 4) is 11.5 Å². The van der Waals surface area contributed by atoms with E-state index in [2.05, 4.69) is 26.5 Å². The molecule has 0 aromatic heterocycles. The van der Waals surface area contributed by atoms with Crippen molar-refractivity contribution in [2.24, 2.45) is 5.10 Å². The molecule has 0 amide bonds. The van der Waals surface area contributed by atoms with Crippen LogP contribution in [0.5, 0.6) is 11.5 Å². The number of hydrazone groups is 1. The summed E-state index contributed by atoms with van der Waals surface area (Å²) in [6, 6.07) is 19.6. The molecule has 154 valence electrons. The van der Waals surface area contributed by atoms with Crippen LogP contribution in [0.15, 0.2) is 76.3 Å². The molecule has 0 heterocycles. The summed E-state index contributed by atoms with van der Waals surface area (Å²) in [4.78, 5) is 10.4. The number of halogens is 1. The number of non-ortho nitro benzene ring substituents is 1. The number of hydrogen-bond acceptors (Lipinski definition) is 6. The monoisotopic (exact) mass is 469 g/mol. The molecule has 0 saturated carbocycles. The highest BCUT2D eigenvalue weighted by molar-refractivity contribution is 9.10. The second kappa shape index (κ2) is 10.4. The first kappa shape index (κ1) is 21.3. The second-order valence-corrected chi connectivity index (χ2v) is 7.15. The maximum atomic E-state index is 10.8. The van der Waals surface area contributed by atoms with Crippen molar-refractivity contribution in [3.05, 3.63) is 92.4 Å². The van der Waals surface area contributed by atoms with Crippen LogP contribution < -0.4 is 14.9 Å². The summed E-state index contributed by atoms with van der Waals surface area (Å²) < 4.78 is 12.6. The van der Waals surface area contributed by atoms with Gasteiger partial charge in [0.15, 0.2) is 11.5 Å². The van der Waals surface area contributed by atoms with Gasteiger partial charge in [0.2, 0.25) is 0 Å². The molecule has 3 aromatic carbocycles. The molecule has 3 aromatic rings. The molecule has 0 aliphatic heterocycles. The maximum Gasteiger partial charge on any atom is 0.271 e. The van der Waals surface area contributed by atoms with Crippen molar-refractivity contribution in [2.75, 3.05) is 12.0 Å². The topological polar surface area (TPSA) is 86.0 Å². The van der Waals surface area contributed by atoms with E-state index in [9.17, 15) is 10.1 Å². The summed E-state index contributed by atoms with van der Waals surface area (Å²) in [6.07, 6.45) is 1.61. The molecular formula is C22H20BrN3O4. The Morgan fingerprint density at radius 1 is 1.07 bits per heavy atom. The van der Waals surface area contributed by atoms with Crippen molar-refractivity contribution >= 4 is 33.5 Å². The zero-order chi connectivity index (χ0) is 21.3. The fourth-order valence-corrected chi connectivity index (χ4v) is 2.87. The van der Waals surface area contributed by atoms with E-state index in [4.69, 9.17) is 9.47 Å². The standard InChI is InChI=1S/C22H20BrN3O4/c1-2-29-22-12-17(14-24-25-19-4-3-5-20(13-19)26(27)28)8-11-21(22)30-15-16-6-9-18(23)10-7-16/h3-14,25H,2,15H2,1H3. The van der Waals surface area contributed by atoms with Crippen LogP contribution in [-0.2, 0) is 6.61 Å². The van der Waals surface area contributed by atoms with Crippen LogP contribution in [-0.4, -0.2) is 17.7 Å². The number of nitrogens with zero attached hydrogens (tertiary/aromatic N) is 2. The SMILES string of the molecule is CCOc1cc(C=NNc2cccc([N+](=O)[O-])c2)ccc1OCc1ccc(Br)cc1. The van der Waals surface area contributed by atoms with E-state index in [0.29, 0.717) is 30.4 Å². The Labute approximate surface area is 182 Å². The molecule has 1 N–H and O–H groups in total. The molecular weight excluding hydrogens is 450 g/mol. The summed E-state index contributed by atoms with van der Waals surface area (Å²) in [5, 5.41) is 15.0. The molecule has 0 aliphatic carbocycles. The fourth-order valence-electron chi connectivity index (χ4n) is 2.60. The van der Waals surface area contributed by atoms with Gasteiger partial charge in [0.1, 0.15) is 6.61 Å². The third kappa shape index (κ3) is 6.05. The van der Waals surface area contributed by atoms with Gasteiger partial charge in [-0.1, -0.05) is 34.1 Å². The summed E-state index contributed by atoms with van der Waals surface area (Å²) in [5.41, 5.74) is 5.17. The largest absolute Gasteiger partial charge is 0.490 e. The lowest BCUT2D eigenvalue weighted by atomic mass is 10.2. The van der Waals surface area contributed by atoms with Crippen molar-refractivity contribution in [2.45, 2.75) is 13.5 Å². The Kier molecular flexibility index (Phi) is 7.40. The zero-order valence-corrected chi connectivity index (χ0v) is 17.8. The minimum absolute atomic E-state index is 0.00103. The highest BCUT2D eigenvalue weighted by atomic mass is 79.9. The summed E-state index contributed by atoms with van der Waals surface area (Å²) >= 11 is 3.42. The van der Waals surface area contributed by atoms with E-state index < -0.39 is 4.92 Å². The number of anilines is 1. The molecule has 0 bridgehead atoms. The van der Waals surface area contributed by atoms with Crippen LogP contribution in [0.4, 0.5) is 11.4 Å². The number of benzene rings is 3. The number of nitro groups is 1. The van der Waals surface area contributed by atoms with E-state index in [1.807, 2.05) is 49.4 Å². The summed E-state index contributed by atoms with van der Waals surface area (Å²) in [5.74, 6) is 1.26. The van der Waals surface area contributed by atoms with Gasteiger partial charge in [-0.05, 0) is 54.4 Å². The quantitative estimate of drug-likeness (QED) is 0.243. The Hall–Kier alpha value is -3.39. The van der Waals surface area contributed by atoms with Crippen LogP contribution in [0.1, 0.15) is 18.1 Å². The number of nitrogens with one attached hydrogen (secondary N) is 1. The van der Waals surface area contributed by atoms with Gasteiger partial charge in [-0.2, -0.15) is 5.10 Å². The van der Waals surface area contributed by atoms with Gasteiger partial charge in [-0.3, -0.25) is 15.5 Å². The molecule has 0 fully saturated rings. The third-order valence-electron chi connectivity index (χ3n) is 4.04. The number of ether oxygens (including phenoxy) is 2. The average Bonchev–Trinajstić information content (AvgIpc) is 2.75. The maximum absolute atomic E-state index is 10.8. The first-order chi connectivity index (χ1) is 14.5. The molecule has 0 saturated heterocycles. The van der Waals surface area contributed by atoms with Crippen LogP contribution in [0, 0.1) is 10.1 Å². The molecule has 30 heavy (non-hydrogen) atoms. The van der Waals surface area contributed by atoms with E-state index in [1.165, 1.54) is 12.1 Å². The Balaban J connectivity index is 1.67. The number of rotatable bonds is 9. The van der Waals surface area contributed by atoms with E-state index in [-0.39, 0.29) is 5.69 Å². The van der Waals surface area contributed by atoms with Crippen molar-refractivity contribution < 1.29 is 14.4 Å². The molecule has 0 aliphatic rings. The summed E-state index contributed by atoms with van der Waals surface area (Å²) in [6.45, 7) is 2.83. The van der Waals surface area contributed by atoms with E-state index >= 15 is 0 Å². The highest BCUT2D eigenvalue weighted by Gasteiger charge is 2.07. The predicted molar refractivity (Wildman–Crippen MR) is 120 cm³/mol. The third-order valence-corrected chi connectivity index (χ3v) is 4.57. The normalized spacial score (nSPS) is 10.7. The minimum atomic E-state index is -0.448. The van der Waals surface area contributed by atoms with Crippen molar-refractivity contribution in [1.29, 1.82) is 0 Å². The lowest BCUT2D eigenvalue weighted by Crippen LogP contribution is -2.00. The zero-order valence-electron chi connectivity index (χ0n) is 16.2. The van der Waals surface area contributed by atoms with Gasteiger partial charge in [-0.25, -0.2) is 0 Å². The summed E-state index contributed by atoms with van der Waals surface area (Å²) in [7, 11) is 0. The predicted octanol–water partition coefficient (Wildman–Crippen LogP) is 5.78. The van der Waals surface area contributed by atoms with Gasteiger partial charge in [0.25, 0.3) is 5.69 Å². The molecule has 8 heteroatoms. The van der Waals surface area contributed by atoms with E-state index in [0.717, 1.165) is 15.6 Å². The number of hydrogen-bond donors (Lipinski definition) is 1. The Morgan fingerprint density at radius 2 is 1.87 bits per heavy atom. The lowest BCUT2D eigenvalue weighted by molar-refractivity contribution is -0.384. The van der Waals surface area contributed by atoms with Crippen LogP contribution in [0.25, 0.3) is 0 Å². The first-order valence-corrected chi connectivity index (χ1v) is 10.0.